The fourth-order valence-corrected chi connectivity index (χ4v) is 6.76. The van der Waals surface area contributed by atoms with Crippen LogP contribution in [0.15, 0.2) is 23.2 Å². The molecule has 0 radical (unpaired) electrons. The lowest BCUT2D eigenvalue weighted by atomic mass is 10.2. The van der Waals surface area contributed by atoms with Crippen LogP contribution in [-0.2, 0) is 14.6 Å². The lowest BCUT2D eigenvalue weighted by Gasteiger charge is -2.24. The van der Waals surface area contributed by atoms with Gasteiger partial charge < -0.3 is 4.90 Å². The maximum Gasteiger partial charge on any atom is 0.262 e. The topological polar surface area (TPSA) is 90.6 Å². The molecule has 10 heteroatoms. The highest BCUT2D eigenvalue weighted by Crippen LogP contribution is 2.41. The first-order valence-corrected chi connectivity index (χ1v) is 9.98. The first-order valence-electron chi connectivity index (χ1n) is 6.90. The number of amidine groups is 1. The number of nitrogens with zero attached hydrogens (tertiary/aromatic N) is 3. The van der Waals surface area contributed by atoms with Crippen molar-refractivity contribution in [2.24, 2.45) is 4.99 Å². The Morgan fingerprint density at radius 1 is 1.50 bits per heavy atom. The van der Waals surface area contributed by atoms with Gasteiger partial charge in [-0.25, -0.2) is 12.8 Å². The summed E-state index contributed by atoms with van der Waals surface area (Å²) in [4.78, 5) is 17.1. The Morgan fingerprint density at radius 2 is 2.25 bits per heavy atom. The summed E-state index contributed by atoms with van der Waals surface area (Å²) in [5.41, 5.74) is 0.373. The van der Waals surface area contributed by atoms with Gasteiger partial charge in [-0.15, -0.1) is 0 Å². The predicted molar refractivity (Wildman–Crippen MR) is 90.4 cm³/mol. The molecule has 126 valence electrons. The number of aliphatic imine (C=N–C) groups is 1. The van der Waals surface area contributed by atoms with Gasteiger partial charge in [0.05, 0.1) is 28.6 Å². The molecule has 6 nitrogen and oxygen atoms in total. The van der Waals surface area contributed by atoms with E-state index in [1.54, 1.807) is 17.0 Å². The van der Waals surface area contributed by atoms with Crippen LogP contribution in [-0.4, -0.2) is 42.3 Å². The summed E-state index contributed by atoms with van der Waals surface area (Å²) < 4.78 is 37.6. The number of fused-ring (bicyclic) bond motifs is 1. The first-order chi connectivity index (χ1) is 11.3. The molecule has 0 unspecified atom stereocenters. The second kappa shape index (κ2) is 6.35. The summed E-state index contributed by atoms with van der Waals surface area (Å²) in [5, 5.41) is 8.52. The summed E-state index contributed by atoms with van der Waals surface area (Å²) >= 11 is 6.85. The number of hydrogen-bond acceptors (Lipinski definition) is 5. The number of benzene rings is 1. The zero-order valence-electron chi connectivity index (χ0n) is 12.1. The van der Waals surface area contributed by atoms with E-state index < -0.39 is 27.6 Å². The van der Waals surface area contributed by atoms with Gasteiger partial charge >= 0.3 is 0 Å². The molecule has 1 aromatic carbocycles. The van der Waals surface area contributed by atoms with Crippen LogP contribution in [0.3, 0.4) is 0 Å². The van der Waals surface area contributed by atoms with Gasteiger partial charge in [0.15, 0.2) is 15.0 Å². The summed E-state index contributed by atoms with van der Waals surface area (Å²) in [5.74, 6) is -1.39. The van der Waals surface area contributed by atoms with Crippen molar-refractivity contribution in [2.45, 2.75) is 17.7 Å². The van der Waals surface area contributed by atoms with Crippen molar-refractivity contribution in [3.63, 3.8) is 0 Å². The van der Waals surface area contributed by atoms with E-state index in [-0.39, 0.29) is 33.4 Å². The Labute approximate surface area is 147 Å². The number of nitriles is 1. The minimum absolute atomic E-state index is 0.0274. The largest absolute Gasteiger partial charge is 0.315 e. The van der Waals surface area contributed by atoms with E-state index in [0.717, 1.165) is 11.8 Å². The van der Waals surface area contributed by atoms with Crippen molar-refractivity contribution < 1.29 is 17.6 Å². The number of rotatable bonds is 2. The van der Waals surface area contributed by atoms with Crippen LogP contribution in [0.1, 0.15) is 6.42 Å². The number of amides is 1. The Hall–Kier alpha value is -1.63. The molecule has 1 aromatic rings. The van der Waals surface area contributed by atoms with E-state index in [4.69, 9.17) is 16.9 Å². The second-order valence-corrected chi connectivity index (χ2v) is 9.16. The molecule has 0 saturated carbocycles. The number of carbonyl (C=O) groups is 1. The molecule has 2 atom stereocenters. The van der Waals surface area contributed by atoms with Crippen molar-refractivity contribution in [1.29, 1.82) is 5.26 Å². The van der Waals surface area contributed by atoms with Crippen LogP contribution in [0.4, 0.5) is 10.1 Å². The summed E-state index contributed by atoms with van der Waals surface area (Å²) in [6.07, 6.45) is -0.374. The molecule has 2 fully saturated rings. The monoisotopic (exact) mass is 387 g/mol. The van der Waals surface area contributed by atoms with Gasteiger partial charge in [0, 0.05) is 10.9 Å². The number of carbonyl (C=O) groups excluding carboxylic acids is 1. The summed E-state index contributed by atoms with van der Waals surface area (Å²) in [7, 11) is -3.20. The quantitative estimate of drug-likeness (QED) is 0.770. The molecule has 2 heterocycles. The molecule has 2 saturated heterocycles. The molecule has 0 N–H and O–H groups in total. The molecule has 0 spiro atoms. The molecule has 24 heavy (non-hydrogen) atoms. The minimum Gasteiger partial charge on any atom is -0.315 e. The second-order valence-electron chi connectivity index (χ2n) is 5.39. The van der Waals surface area contributed by atoms with Crippen molar-refractivity contribution >= 4 is 50.0 Å². The van der Waals surface area contributed by atoms with Gasteiger partial charge in [0.2, 0.25) is 0 Å². The van der Waals surface area contributed by atoms with E-state index in [1.807, 2.05) is 0 Å². The van der Waals surface area contributed by atoms with Crippen molar-refractivity contribution in [3.8, 4) is 6.07 Å². The van der Waals surface area contributed by atoms with Crippen LogP contribution in [0.5, 0.6) is 0 Å². The molecule has 0 aromatic heterocycles. The minimum atomic E-state index is -3.20. The smallest absolute Gasteiger partial charge is 0.262 e. The Bertz CT molecular complexity index is 882. The summed E-state index contributed by atoms with van der Waals surface area (Å²) in [6, 6.07) is 5.37. The van der Waals surface area contributed by atoms with Crippen LogP contribution in [0.25, 0.3) is 0 Å². The van der Waals surface area contributed by atoms with Crippen LogP contribution in [0.2, 0.25) is 5.02 Å². The molecule has 2 aliphatic rings. The van der Waals surface area contributed by atoms with E-state index in [0.29, 0.717) is 5.69 Å². The van der Waals surface area contributed by atoms with E-state index in [9.17, 15) is 17.6 Å². The van der Waals surface area contributed by atoms with Gasteiger partial charge in [0.25, 0.3) is 5.91 Å². The average Bonchev–Trinajstić information content (AvgIpc) is 2.93. The van der Waals surface area contributed by atoms with Crippen LogP contribution >= 0.6 is 23.4 Å². The third-order valence-corrected chi connectivity index (χ3v) is 7.21. The summed E-state index contributed by atoms with van der Waals surface area (Å²) in [6.45, 7) is 0. The number of sulfone groups is 1. The normalized spacial score (nSPS) is 26.4. The SMILES string of the molecule is N#CCC(=O)N=C1S[C@H]2CS(=O)(=O)C[C@@H]2N1c1ccc(Cl)c(F)c1. The molecule has 3 rings (SSSR count). The maximum absolute atomic E-state index is 13.8. The molecule has 0 aliphatic carbocycles. The van der Waals surface area contributed by atoms with E-state index in [1.165, 1.54) is 12.1 Å². The molecule has 1 amide bonds. The van der Waals surface area contributed by atoms with Crippen LogP contribution < -0.4 is 4.90 Å². The molecule has 0 bridgehead atoms. The number of hydrogen-bond donors (Lipinski definition) is 0. The van der Waals surface area contributed by atoms with Gasteiger partial charge in [-0.05, 0) is 18.2 Å². The highest BCUT2D eigenvalue weighted by atomic mass is 35.5. The first kappa shape index (κ1) is 17.2. The van der Waals surface area contributed by atoms with Crippen LogP contribution in [0, 0.1) is 17.1 Å². The van der Waals surface area contributed by atoms with E-state index >= 15 is 0 Å². The van der Waals surface area contributed by atoms with Gasteiger partial charge in [-0.3, -0.25) is 4.79 Å². The van der Waals surface area contributed by atoms with Crippen molar-refractivity contribution in [2.75, 3.05) is 16.4 Å². The number of thioether (sulfide) groups is 1. The van der Waals surface area contributed by atoms with Crippen molar-refractivity contribution in [3.05, 3.63) is 29.0 Å². The Balaban J connectivity index is 2.03. The third kappa shape index (κ3) is 3.27. The zero-order chi connectivity index (χ0) is 17.5. The average molecular weight is 388 g/mol. The Morgan fingerprint density at radius 3 is 2.92 bits per heavy atom. The predicted octanol–water partition coefficient (Wildman–Crippen LogP) is 1.99. The Kier molecular flexibility index (Phi) is 4.55. The van der Waals surface area contributed by atoms with Gasteiger partial charge in [0.1, 0.15) is 12.2 Å². The fourth-order valence-electron chi connectivity index (χ4n) is 2.72. The molecular weight excluding hydrogens is 377 g/mol. The lowest BCUT2D eigenvalue weighted by molar-refractivity contribution is -0.116. The maximum atomic E-state index is 13.8. The highest BCUT2D eigenvalue weighted by Gasteiger charge is 2.49. The molecule has 2 aliphatic heterocycles. The van der Waals surface area contributed by atoms with Crippen molar-refractivity contribution in [1.82, 2.24) is 0 Å². The number of anilines is 1. The highest BCUT2D eigenvalue weighted by molar-refractivity contribution is 8.16. The van der Waals surface area contributed by atoms with E-state index in [2.05, 4.69) is 4.99 Å². The molecular formula is C14H11ClFN3O3S2. The third-order valence-electron chi connectivity index (χ3n) is 3.70. The zero-order valence-corrected chi connectivity index (χ0v) is 14.5. The standard InChI is InChI=1S/C14H11ClFN3O3S2/c15-9-2-1-8(5-10(9)16)19-11-6-24(21,22)7-12(11)23-14(19)18-13(20)3-4-17/h1-2,5,11-12H,3,6-7H2/t11-,12-/m0/s1. The lowest BCUT2D eigenvalue weighted by Crippen LogP contribution is -2.37. The van der Waals surface area contributed by atoms with Gasteiger partial charge in [-0.2, -0.15) is 10.3 Å². The van der Waals surface area contributed by atoms with Gasteiger partial charge in [-0.1, -0.05) is 23.4 Å². The fraction of sp³-hybridized carbons (Fsp3) is 0.357. The number of halogens is 2.